The number of hydrogen-bond acceptors (Lipinski definition) is 4. The molecule has 0 atom stereocenters. The van der Waals surface area contributed by atoms with Crippen LogP contribution >= 0.6 is 10.6 Å². The maximum absolute atomic E-state index is 10.2. The van der Waals surface area contributed by atoms with Crippen molar-refractivity contribution in [1.82, 2.24) is 0 Å². The number of fused-ring (bicyclic) bond motifs is 3. The van der Waals surface area contributed by atoms with Gasteiger partial charge in [0.15, 0.2) is 0 Å². The molecule has 92 valence electrons. The van der Waals surface area contributed by atoms with Gasteiger partial charge < -0.3 is 10.0 Å². The van der Waals surface area contributed by atoms with Crippen LogP contribution in [0.1, 0.15) is 0 Å². The summed E-state index contributed by atoms with van der Waals surface area (Å²) in [7, 11) is -4.54. The molecule has 6 heteroatoms. The average molecular weight is 262 g/mol. The zero-order chi connectivity index (χ0) is 12.9. The van der Waals surface area contributed by atoms with E-state index in [0.29, 0.717) is 20.8 Å². The molecule has 4 N–H and O–H groups in total. The molecular weight excluding hydrogens is 251 g/mol. The van der Waals surface area contributed by atoms with E-state index in [1.54, 1.807) is 30.3 Å². The smallest absolute Gasteiger partial charge is 0.423 e. The number of rotatable bonds is 1. The van der Waals surface area contributed by atoms with E-state index in [0.717, 1.165) is 5.56 Å². The zero-order valence-corrected chi connectivity index (χ0v) is 10.1. The molecule has 18 heavy (non-hydrogen) atoms. The van der Waals surface area contributed by atoms with Crippen LogP contribution in [0.4, 0.5) is 0 Å². The first kappa shape index (κ1) is 11.8. The van der Waals surface area contributed by atoms with Gasteiger partial charge >= 0.3 is 7.12 Å². The highest BCUT2D eigenvalue weighted by molar-refractivity contribution is 8.24. The Labute approximate surface area is 106 Å². The van der Waals surface area contributed by atoms with Crippen molar-refractivity contribution < 1.29 is 19.2 Å². The molecule has 3 rings (SSSR count). The van der Waals surface area contributed by atoms with Crippen LogP contribution in [0.15, 0.2) is 52.3 Å². The lowest BCUT2D eigenvalue weighted by Crippen LogP contribution is -2.29. The Balaban J connectivity index is 2.30. The number of hydrogen-bond donors (Lipinski definition) is 4. The van der Waals surface area contributed by atoms with Crippen molar-refractivity contribution in [3.63, 3.8) is 0 Å². The SMILES string of the molecule is OB(O)c1ccc2c(c1)-c1ccccc1S2(O)O. The molecule has 0 radical (unpaired) electrons. The minimum absolute atomic E-state index is 0.334. The van der Waals surface area contributed by atoms with E-state index in [1.807, 2.05) is 6.07 Å². The summed E-state index contributed by atoms with van der Waals surface area (Å²) in [5.41, 5.74) is 1.71. The molecule has 0 fully saturated rings. The topological polar surface area (TPSA) is 80.9 Å². The van der Waals surface area contributed by atoms with Crippen LogP contribution < -0.4 is 5.46 Å². The summed E-state index contributed by atoms with van der Waals surface area (Å²) in [4.78, 5) is 0.928. The second-order valence-corrected chi connectivity index (χ2v) is 6.15. The first-order valence-corrected chi connectivity index (χ1v) is 6.94. The highest BCUT2D eigenvalue weighted by atomic mass is 32.3. The van der Waals surface area contributed by atoms with Gasteiger partial charge in [-0.2, -0.15) is 0 Å². The Morgan fingerprint density at radius 2 is 1.50 bits per heavy atom. The molecule has 0 saturated carbocycles. The first-order valence-electron chi connectivity index (χ1n) is 5.39. The average Bonchev–Trinajstić information content (AvgIpc) is 2.59. The van der Waals surface area contributed by atoms with Crippen molar-refractivity contribution in [2.24, 2.45) is 0 Å². The van der Waals surface area contributed by atoms with Gasteiger partial charge in [-0.3, -0.25) is 9.11 Å². The molecule has 1 heterocycles. The van der Waals surface area contributed by atoms with Gasteiger partial charge in [0, 0.05) is 11.1 Å². The van der Waals surface area contributed by atoms with E-state index in [4.69, 9.17) is 0 Å². The zero-order valence-electron chi connectivity index (χ0n) is 9.32. The molecule has 0 spiro atoms. The third-order valence-electron chi connectivity index (χ3n) is 3.09. The van der Waals surface area contributed by atoms with Gasteiger partial charge in [0.05, 0.1) is 9.79 Å². The van der Waals surface area contributed by atoms with Gasteiger partial charge in [0.2, 0.25) is 0 Å². The Morgan fingerprint density at radius 3 is 2.22 bits per heavy atom. The van der Waals surface area contributed by atoms with Gasteiger partial charge in [-0.05, 0) is 17.6 Å². The van der Waals surface area contributed by atoms with Crippen LogP contribution in [0.2, 0.25) is 0 Å². The van der Waals surface area contributed by atoms with Crippen molar-refractivity contribution in [2.75, 3.05) is 0 Å². The molecule has 2 aromatic carbocycles. The fraction of sp³-hybridized carbons (Fsp3) is 0. The van der Waals surface area contributed by atoms with E-state index in [9.17, 15) is 19.2 Å². The van der Waals surface area contributed by atoms with Crippen molar-refractivity contribution in [3.05, 3.63) is 42.5 Å². The maximum atomic E-state index is 10.2. The lowest BCUT2D eigenvalue weighted by atomic mass is 9.79. The summed E-state index contributed by atoms with van der Waals surface area (Å²) in [6.45, 7) is 0. The van der Waals surface area contributed by atoms with Crippen LogP contribution in [0.5, 0.6) is 0 Å². The van der Waals surface area contributed by atoms with Crippen molar-refractivity contribution >= 4 is 23.2 Å². The summed E-state index contributed by atoms with van der Waals surface area (Å²) < 4.78 is 20.5. The second-order valence-electron chi connectivity index (χ2n) is 4.17. The van der Waals surface area contributed by atoms with E-state index in [2.05, 4.69) is 0 Å². The molecule has 1 aliphatic rings. The van der Waals surface area contributed by atoms with Crippen LogP contribution in [0.3, 0.4) is 0 Å². The second kappa shape index (κ2) is 3.84. The lowest BCUT2D eigenvalue weighted by Gasteiger charge is -2.28. The molecule has 0 saturated heterocycles. The van der Waals surface area contributed by atoms with Gasteiger partial charge in [0.1, 0.15) is 0 Å². The summed E-state index contributed by atoms with van der Waals surface area (Å²) >= 11 is 0. The summed E-state index contributed by atoms with van der Waals surface area (Å²) in [6, 6.07) is 11.7. The van der Waals surface area contributed by atoms with Gasteiger partial charge in [-0.1, -0.05) is 30.3 Å². The summed E-state index contributed by atoms with van der Waals surface area (Å²) in [6.07, 6.45) is 0. The molecule has 0 amide bonds. The van der Waals surface area contributed by atoms with Crippen molar-refractivity contribution in [3.8, 4) is 11.1 Å². The molecule has 0 unspecified atom stereocenters. The Kier molecular flexibility index (Phi) is 2.51. The predicted octanol–water partition coefficient (Wildman–Crippen LogP) is 1.52. The molecule has 0 aliphatic carbocycles. The van der Waals surface area contributed by atoms with E-state index in [1.165, 1.54) is 6.07 Å². The lowest BCUT2D eigenvalue weighted by molar-refractivity contribution is 0.425. The third kappa shape index (κ3) is 1.51. The third-order valence-corrected chi connectivity index (χ3v) is 5.03. The number of benzene rings is 2. The molecule has 4 nitrogen and oxygen atoms in total. The molecular formula is C12H11BO4S. The largest absolute Gasteiger partial charge is 0.488 e. The minimum atomic E-state index is -2.97. The van der Waals surface area contributed by atoms with Crippen LogP contribution in [0.25, 0.3) is 11.1 Å². The van der Waals surface area contributed by atoms with Gasteiger partial charge in [0.25, 0.3) is 0 Å². The molecule has 0 bridgehead atoms. The van der Waals surface area contributed by atoms with Crippen LogP contribution in [-0.2, 0) is 0 Å². The van der Waals surface area contributed by atoms with Crippen LogP contribution in [0, 0.1) is 0 Å². The maximum Gasteiger partial charge on any atom is 0.488 e. The fourth-order valence-corrected chi connectivity index (χ4v) is 3.95. The standard InChI is InChI=1S/C12H11BO4S/c14-13(15)8-5-6-12-10(7-8)9-3-1-2-4-11(9)18(12,16)17/h1-7,14-17H. The van der Waals surface area contributed by atoms with E-state index >= 15 is 0 Å². The summed E-state index contributed by atoms with van der Waals surface area (Å²) in [5, 5.41) is 18.3. The normalized spacial score (nSPS) is 16.9. The Bertz CT molecular complexity index is 627. The highest BCUT2D eigenvalue weighted by Gasteiger charge is 2.33. The van der Waals surface area contributed by atoms with E-state index < -0.39 is 17.7 Å². The van der Waals surface area contributed by atoms with Gasteiger partial charge in [-0.25, -0.2) is 0 Å². The summed E-state index contributed by atoms with van der Waals surface area (Å²) in [5.74, 6) is 0. The van der Waals surface area contributed by atoms with Crippen molar-refractivity contribution in [1.29, 1.82) is 0 Å². The quantitative estimate of drug-likeness (QED) is 0.587. The van der Waals surface area contributed by atoms with Crippen molar-refractivity contribution in [2.45, 2.75) is 9.79 Å². The molecule has 0 aromatic heterocycles. The van der Waals surface area contributed by atoms with Crippen LogP contribution in [-0.4, -0.2) is 26.3 Å². The first-order chi connectivity index (χ1) is 8.51. The monoisotopic (exact) mass is 262 g/mol. The van der Waals surface area contributed by atoms with Gasteiger partial charge in [-0.15, -0.1) is 10.6 Å². The predicted molar refractivity (Wildman–Crippen MR) is 71.1 cm³/mol. The Hall–Kier alpha value is -1.31. The minimum Gasteiger partial charge on any atom is -0.423 e. The molecule has 1 aliphatic heterocycles. The molecule has 2 aromatic rings. The Morgan fingerprint density at radius 1 is 0.833 bits per heavy atom. The van der Waals surface area contributed by atoms with E-state index in [-0.39, 0.29) is 0 Å². The highest BCUT2D eigenvalue weighted by Crippen LogP contribution is 2.66. The fourth-order valence-electron chi connectivity index (χ4n) is 2.22.